The van der Waals surface area contributed by atoms with Gasteiger partial charge in [0.2, 0.25) is 5.82 Å². The number of alkyl halides is 3. The lowest BCUT2D eigenvalue weighted by Gasteiger charge is -2.32. The average molecular weight is 561 g/mol. The van der Waals surface area contributed by atoms with Crippen LogP contribution >= 0.6 is 0 Å². The van der Waals surface area contributed by atoms with Crippen molar-refractivity contribution in [1.29, 1.82) is 0 Å². The van der Waals surface area contributed by atoms with Crippen LogP contribution < -0.4 is 5.32 Å². The first-order chi connectivity index (χ1) is 19.7. The summed E-state index contributed by atoms with van der Waals surface area (Å²) in [6, 6.07) is 19.3. The summed E-state index contributed by atoms with van der Waals surface area (Å²) >= 11 is 0. The lowest BCUT2D eigenvalue weighted by atomic mass is 9.89. The maximum absolute atomic E-state index is 13.0. The third kappa shape index (κ3) is 5.53. The highest BCUT2D eigenvalue weighted by atomic mass is 19.4. The Morgan fingerprint density at radius 1 is 0.976 bits per heavy atom. The van der Waals surface area contributed by atoms with Crippen molar-refractivity contribution < 1.29 is 27.3 Å². The minimum absolute atomic E-state index is 0.149. The molecular formula is C29H23F3N6O3. The van der Waals surface area contributed by atoms with Gasteiger partial charge in [-0.15, -0.1) is 0 Å². The Hall–Kier alpha value is -5.00. The van der Waals surface area contributed by atoms with E-state index in [9.17, 15) is 22.8 Å². The number of hydrogen-bond donors (Lipinski definition) is 1. The predicted molar refractivity (Wildman–Crippen MR) is 142 cm³/mol. The molecule has 1 saturated heterocycles. The number of hydrogen-bond acceptors (Lipinski definition) is 6. The van der Waals surface area contributed by atoms with Crippen molar-refractivity contribution in [3.63, 3.8) is 0 Å². The average Bonchev–Trinajstić information content (AvgIpc) is 3.67. The first-order valence-electron chi connectivity index (χ1n) is 12.9. The van der Waals surface area contributed by atoms with Crippen LogP contribution in [0.5, 0.6) is 0 Å². The Bertz CT molecular complexity index is 1700. The Morgan fingerprint density at radius 2 is 1.71 bits per heavy atom. The number of halogens is 3. The molecule has 0 bridgehead atoms. The molecule has 0 spiro atoms. The number of carbonyl (C=O) groups excluding carboxylic acids is 2. The van der Waals surface area contributed by atoms with Crippen LogP contribution in [0.4, 0.5) is 18.9 Å². The van der Waals surface area contributed by atoms with Crippen LogP contribution in [0.15, 0.2) is 83.8 Å². The van der Waals surface area contributed by atoms with Gasteiger partial charge in [0.15, 0.2) is 0 Å². The van der Waals surface area contributed by atoms with Gasteiger partial charge in [-0.3, -0.25) is 9.59 Å². The minimum Gasteiger partial charge on any atom is -0.339 e. The Balaban J connectivity index is 1.03. The lowest BCUT2D eigenvalue weighted by Crippen LogP contribution is -2.37. The van der Waals surface area contributed by atoms with Crippen LogP contribution in [0.3, 0.4) is 0 Å². The molecule has 1 N–H and O–H groups in total. The van der Waals surface area contributed by atoms with E-state index in [1.165, 1.54) is 12.1 Å². The van der Waals surface area contributed by atoms with Gasteiger partial charge in [-0.2, -0.15) is 18.2 Å². The van der Waals surface area contributed by atoms with Crippen molar-refractivity contribution in [3.8, 4) is 11.4 Å². The van der Waals surface area contributed by atoms with E-state index >= 15 is 0 Å². The van der Waals surface area contributed by atoms with Gasteiger partial charge in [0.1, 0.15) is 5.69 Å². The van der Waals surface area contributed by atoms with Crippen LogP contribution in [0.1, 0.15) is 51.1 Å². The summed E-state index contributed by atoms with van der Waals surface area (Å²) in [7, 11) is 0. The van der Waals surface area contributed by atoms with Gasteiger partial charge in [0, 0.05) is 41.6 Å². The number of nitrogens with one attached hydrogen (secondary N) is 1. The SMILES string of the molecule is O=C(Nc1ccc(C2CCN(C(=O)c3ccc(-c4noc(C(F)(F)F)n4)cc3)CC2)cc1)c1cc2cccn2cn1. The number of benzene rings is 2. The van der Waals surface area contributed by atoms with Crippen molar-refractivity contribution in [3.05, 3.63) is 102 Å². The molecule has 1 aliphatic rings. The number of likely N-dealkylation sites (tertiary alicyclic amines) is 1. The summed E-state index contributed by atoms with van der Waals surface area (Å²) in [6.07, 6.45) is 0.299. The Kier molecular flexibility index (Phi) is 6.73. The fourth-order valence-electron chi connectivity index (χ4n) is 4.91. The molecule has 12 heteroatoms. The zero-order valence-corrected chi connectivity index (χ0v) is 21.5. The summed E-state index contributed by atoms with van der Waals surface area (Å²) in [5.74, 6) is -1.78. The monoisotopic (exact) mass is 560 g/mol. The van der Waals surface area contributed by atoms with Gasteiger partial charge in [0.25, 0.3) is 11.8 Å². The molecule has 2 aromatic carbocycles. The predicted octanol–water partition coefficient (Wildman–Crippen LogP) is 5.68. The molecule has 9 nitrogen and oxygen atoms in total. The molecule has 6 rings (SSSR count). The molecule has 1 aliphatic heterocycles. The topological polar surface area (TPSA) is 106 Å². The number of nitrogens with zero attached hydrogens (tertiary/aromatic N) is 5. The molecule has 0 atom stereocenters. The van der Waals surface area contributed by atoms with Gasteiger partial charge >= 0.3 is 12.1 Å². The van der Waals surface area contributed by atoms with Crippen LogP contribution in [0.25, 0.3) is 16.9 Å². The van der Waals surface area contributed by atoms with Gasteiger partial charge in [0.05, 0.1) is 6.33 Å². The Morgan fingerprint density at radius 3 is 2.39 bits per heavy atom. The third-order valence-corrected chi connectivity index (χ3v) is 7.13. The normalized spacial score (nSPS) is 14.4. The summed E-state index contributed by atoms with van der Waals surface area (Å²) in [5, 5.41) is 6.25. The molecule has 208 valence electrons. The number of aromatic nitrogens is 4. The summed E-state index contributed by atoms with van der Waals surface area (Å²) in [6.45, 7) is 1.13. The number of rotatable bonds is 5. The molecule has 41 heavy (non-hydrogen) atoms. The number of fused-ring (bicyclic) bond motifs is 1. The smallest absolute Gasteiger partial charge is 0.339 e. The molecule has 0 radical (unpaired) electrons. The molecule has 4 heterocycles. The second kappa shape index (κ2) is 10.5. The number of anilines is 1. The van der Waals surface area contributed by atoms with Crippen LogP contribution in [0.2, 0.25) is 0 Å². The van der Waals surface area contributed by atoms with E-state index in [1.807, 2.05) is 47.0 Å². The largest absolute Gasteiger partial charge is 0.471 e. The minimum atomic E-state index is -4.72. The van der Waals surface area contributed by atoms with E-state index in [0.29, 0.717) is 35.6 Å². The van der Waals surface area contributed by atoms with E-state index in [-0.39, 0.29) is 23.6 Å². The fraction of sp³-hybridized carbons (Fsp3) is 0.207. The molecular weight excluding hydrogens is 537 g/mol. The third-order valence-electron chi connectivity index (χ3n) is 7.13. The highest BCUT2D eigenvalue weighted by molar-refractivity contribution is 6.03. The van der Waals surface area contributed by atoms with Crippen LogP contribution in [-0.4, -0.2) is 49.3 Å². The summed E-state index contributed by atoms with van der Waals surface area (Å²) < 4.78 is 44.3. The summed E-state index contributed by atoms with van der Waals surface area (Å²) in [5.41, 5.74) is 3.76. The fourth-order valence-corrected chi connectivity index (χ4v) is 4.91. The maximum atomic E-state index is 13.0. The first-order valence-corrected chi connectivity index (χ1v) is 12.9. The molecule has 0 saturated carbocycles. The lowest BCUT2D eigenvalue weighted by molar-refractivity contribution is -0.159. The number of carbonyl (C=O) groups is 2. The molecule has 0 unspecified atom stereocenters. The standard InChI is InChI=1S/C29H23F3N6O3/c30-29(31,32)28-35-25(36-41-28)20-3-5-21(6-4-20)27(40)37-14-11-19(12-15-37)18-7-9-22(10-8-18)34-26(39)24-16-23-2-1-13-38(23)17-33-24/h1-10,13,16-17,19H,11-12,14-15H2,(H,34,39). The van der Waals surface area contributed by atoms with Crippen molar-refractivity contribution in [2.45, 2.75) is 24.9 Å². The van der Waals surface area contributed by atoms with E-state index < -0.39 is 12.1 Å². The molecule has 0 aliphatic carbocycles. The zero-order chi connectivity index (χ0) is 28.6. The van der Waals surface area contributed by atoms with Crippen molar-refractivity contribution in [2.75, 3.05) is 18.4 Å². The van der Waals surface area contributed by atoms with E-state index in [1.54, 1.807) is 29.4 Å². The van der Waals surface area contributed by atoms with Gasteiger partial charge in [-0.05, 0) is 66.8 Å². The van der Waals surface area contributed by atoms with E-state index in [4.69, 9.17) is 0 Å². The van der Waals surface area contributed by atoms with Crippen molar-refractivity contribution in [2.24, 2.45) is 0 Å². The second-order valence-corrected chi connectivity index (χ2v) is 9.76. The van der Waals surface area contributed by atoms with Crippen molar-refractivity contribution >= 4 is 23.0 Å². The van der Waals surface area contributed by atoms with Crippen LogP contribution in [0, 0.1) is 0 Å². The zero-order valence-electron chi connectivity index (χ0n) is 21.5. The maximum Gasteiger partial charge on any atom is 0.471 e. The molecule has 3 aromatic heterocycles. The second-order valence-electron chi connectivity index (χ2n) is 9.76. The first kappa shape index (κ1) is 26.2. The van der Waals surface area contributed by atoms with Crippen molar-refractivity contribution in [1.82, 2.24) is 24.4 Å². The van der Waals surface area contributed by atoms with Gasteiger partial charge in [-0.1, -0.05) is 29.4 Å². The van der Waals surface area contributed by atoms with Crippen LogP contribution in [-0.2, 0) is 6.18 Å². The number of piperidine rings is 1. The van der Waals surface area contributed by atoms with E-state index in [2.05, 4.69) is 25.0 Å². The van der Waals surface area contributed by atoms with Gasteiger partial charge < -0.3 is 19.1 Å². The summed E-state index contributed by atoms with van der Waals surface area (Å²) in [4.78, 5) is 35.0. The Labute approximate surface area is 231 Å². The number of amides is 2. The molecule has 2 amide bonds. The quantitative estimate of drug-likeness (QED) is 0.297. The van der Waals surface area contributed by atoms with Gasteiger partial charge in [-0.25, -0.2) is 4.98 Å². The highest BCUT2D eigenvalue weighted by Crippen LogP contribution is 2.31. The molecule has 1 fully saturated rings. The van der Waals surface area contributed by atoms with E-state index in [0.717, 1.165) is 23.9 Å². The highest BCUT2D eigenvalue weighted by Gasteiger charge is 2.38. The molecule has 5 aromatic rings.